The maximum Gasteiger partial charge on any atom is 0.319 e. The van der Waals surface area contributed by atoms with E-state index in [0.717, 1.165) is 26.3 Å². The van der Waals surface area contributed by atoms with E-state index in [0.29, 0.717) is 17.8 Å². The van der Waals surface area contributed by atoms with Gasteiger partial charge in [-0.3, -0.25) is 4.90 Å². The molecule has 1 heterocycles. The number of rotatable bonds is 4. The number of morpholine rings is 1. The lowest BCUT2D eigenvalue weighted by Crippen LogP contribution is -2.47. The van der Waals surface area contributed by atoms with Crippen molar-refractivity contribution in [1.82, 2.24) is 10.2 Å². The maximum absolute atomic E-state index is 13.0. The number of carbonyl (C=O) groups is 1. The zero-order chi connectivity index (χ0) is 15.2. The highest BCUT2D eigenvalue weighted by molar-refractivity contribution is 5.90. The summed E-state index contributed by atoms with van der Waals surface area (Å²) < 4.78 is 18.3. The minimum atomic E-state index is -0.306. The minimum Gasteiger partial charge on any atom is -0.379 e. The monoisotopic (exact) mass is 295 g/mol. The Morgan fingerprint density at radius 3 is 2.81 bits per heavy atom. The number of benzene rings is 1. The standard InChI is InChI=1S/C15H22FN3O2/c1-11-9-13(16)3-4-14(11)18-15(20)17-10-12(2)19-5-7-21-8-6-19/h3-4,9,12H,5-8,10H2,1-2H3,(H2,17,18,20). The molecule has 5 nitrogen and oxygen atoms in total. The number of carbonyl (C=O) groups excluding carboxylic acids is 1. The number of nitrogens with zero attached hydrogens (tertiary/aromatic N) is 1. The van der Waals surface area contributed by atoms with E-state index in [1.165, 1.54) is 12.1 Å². The number of ether oxygens (including phenoxy) is 1. The van der Waals surface area contributed by atoms with Crippen molar-refractivity contribution in [3.63, 3.8) is 0 Å². The molecule has 1 aromatic rings. The molecule has 1 atom stereocenters. The van der Waals surface area contributed by atoms with E-state index in [1.807, 2.05) is 0 Å². The summed E-state index contributed by atoms with van der Waals surface area (Å²) in [4.78, 5) is 14.2. The molecule has 1 unspecified atom stereocenters. The summed E-state index contributed by atoms with van der Waals surface area (Å²) in [5.41, 5.74) is 1.32. The predicted molar refractivity (Wildman–Crippen MR) is 80.0 cm³/mol. The second-order valence-corrected chi connectivity index (χ2v) is 5.29. The predicted octanol–water partition coefficient (Wildman–Crippen LogP) is 1.98. The average Bonchev–Trinajstić information content (AvgIpc) is 2.48. The van der Waals surface area contributed by atoms with Gasteiger partial charge in [-0.2, -0.15) is 0 Å². The van der Waals surface area contributed by atoms with Crippen LogP contribution in [0.4, 0.5) is 14.9 Å². The largest absolute Gasteiger partial charge is 0.379 e. The van der Waals surface area contributed by atoms with Gasteiger partial charge in [-0.15, -0.1) is 0 Å². The van der Waals surface area contributed by atoms with E-state index < -0.39 is 0 Å². The number of aryl methyl sites for hydroxylation is 1. The van der Waals surface area contributed by atoms with Gasteiger partial charge in [-0.1, -0.05) is 0 Å². The van der Waals surface area contributed by atoms with Crippen LogP contribution in [0.2, 0.25) is 0 Å². The van der Waals surface area contributed by atoms with Crippen LogP contribution in [-0.4, -0.2) is 49.8 Å². The van der Waals surface area contributed by atoms with Gasteiger partial charge in [-0.25, -0.2) is 9.18 Å². The summed E-state index contributed by atoms with van der Waals surface area (Å²) >= 11 is 0. The number of amides is 2. The van der Waals surface area contributed by atoms with Crippen molar-refractivity contribution in [2.24, 2.45) is 0 Å². The lowest BCUT2D eigenvalue weighted by molar-refractivity contribution is 0.0209. The van der Waals surface area contributed by atoms with E-state index in [2.05, 4.69) is 22.5 Å². The van der Waals surface area contributed by atoms with Crippen LogP contribution in [0.3, 0.4) is 0 Å². The van der Waals surface area contributed by atoms with Crippen LogP contribution in [-0.2, 0) is 4.74 Å². The Kier molecular flexibility index (Phi) is 5.52. The average molecular weight is 295 g/mol. The van der Waals surface area contributed by atoms with Crippen LogP contribution in [0.1, 0.15) is 12.5 Å². The summed E-state index contributed by atoms with van der Waals surface area (Å²) in [6, 6.07) is 4.28. The summed E-state index contributed by atoms with van der Waals surface area (Å²) in [5, 5.41) is 5.58. The molecule has 0 spiro atoms. The van der Waals surface area contributed by atoms with Gasteiger partial charge in [0.15, 0.2) is 0 Å². The molecule has 1 aromatic carbocycles. The molecular formula is C15H22FN3O2. The molecule has 0 aromatic heterocycles. The first-order valence-electron chi connectivity index (χ1n) is 7.19. The van der Waals surface area contributed by atoms with E-state index >= 15 is 0 Å². The second-order valence-electron chi connectivity index (χ2n) is 5.29. The zero-order valence-electron chi connectivity index (χ0n) is 12.5. The van der Waals surface area contributed by atoms with Gasteiger partial charge in [-0.05, 0) is 37.6 Å². The molecule has 2 amide bonds. The minimum absolute atomic E-state index is 0.258. The number of hydrogen-bond acceptors (Lipinski definition) is 3. The lowest BCUT2D eigenvalue weighted by atomic mass is 10.2. The Hall–Kier alpha value is -1.66. The highest BCUT2D eigenvalue weighted by atomic mass is 19.1. The molecule has 1 aliphatic rings. The Morgan fingerprint density at radius 1 is 1.43 bits per heavy atom. The molecule has 2 rings (SSSR count). The summed E-state index contributed by atoms with van der Waals surface area (Å²) in [6.07, 6.45) is 0. The van der Waals surface area contributed by atoms with Crippen LogP contribution in [0, 0.1) is 12.7 Å². The van der Waals surface area contributed by atoms with Gasteiger partial charge in [0.1, 0.15) is 5.82 Å². The molecule has 1 fully saturated rings. The Bertz CT molecular complexity index is 490. The van der Waals surface area contributed by atoms with Crippen molar-refractivity contribution < 1.29 is 13.9 Å². The van der Waals surface area contributed by atoms with Crippen molar-refractivity contribution in [1.29, 1.82) is 0 Å². The highest BCUT2D eigenvalue weighted by Crippen LogP contribution is 2.15. The van der Waals surface area contributed by atoms with E-state index in [1.54, 1.807) is 13.0 Å². The SMILES string of the molecule is Cc1cc(F)ccc1NC(=O)NCC(C)N1CCOCC1. The maximum atomic E-state index is 13.0. The fourth-order valence-electron chi connectivity index (χ4n) is 2.32. The van der Waals surface area contributed by atoms with Gasteiger partial charge < -0.3 is 15.4 Å². The second kappa shape index (κ2) is 7.38. The summed E-state index contributed by atoms with van der Waals surface area (Å²) in [7, 11) is 0. The van der Waals surface area contributed by atoms with Crippen molar-refractivity contribution in [2.45, 2.75) is 19.9 Å². The normalized spacial score (nSPS) is 17.3. The third kappa shape index (κ3) is 4.68. The Morgan fingerprint density at radius 2 is 2.14 bits per heavy atom. The molecule has 2 N–H and O–H groups in total. The van der Waals surface area contributed by atoms with Gasteiger partial charge in [0.2, 0.25) is 0 Å². The fourth-order valence-corrected chi connectivity index (χ4v) is 2.32. The molecule has 0 bridgehead atoms. The number of halogens is 1. The molecule has 1 saturated heterocycles. The lowest BCUT2D eigenvalue weighted by Gasteiger charge is -2.32. The third-order valence-electron chi connectivity index (χ3n) is 3.66. The molecule has 0 aliphatic carbocycles. The van der Waals surface area contributed by atoms with Crippen molar-refractivity contribution in [3.8, 4) is 0 Å². The van der Waals surface area contributed by atoms with Crippen LogP contribution >= 0.6 is 0 Å². The molecule has 0 radical (unpaired) electrons. The van der Waals surface area contributed by atoms with E-state index in [9.17, 15) is 9.18 Å². The number of urea groups is 1. The quantitative estimate of drug-likeness (QED) is 0.893. The van der Waals surface area contributed by atoms with Gasteiger partial charge in [0.25, 0.3) is 0 Å². The molecule has 6 heteroatoms. The summed E-state index contributed by atoms with van der Waals surface area (Å²) in [6.45, 7) is 7.66. The summed E-state index contributed by atoms with van der Waals surface area (Å²) in [5.74, 6) is -0.306. The van der Waals surface area contributed by atoms with Crippen LogP contribution < -0.4 is 10.6 Å². The third-order valence-corrected chi connectivity index (χ3v) is 3.66. The van der Waals surface area contributed by atoms with Crippen LogP contribution in [0.15, 0.2) is 18.2 Å². The number of anilines is 1. The van der Waals surface area contributed by atoms with Crippen molar-refractivity contribution in [2.75, 3.05) is 38.2 Å². The highest BCUT2D eigenvalue weighted by Gasteiger charge is 2.17. The Balaban J connectivity index is 1.78. The molecule has 0 saturated carbocycles. The smallest absolute Gasteiger partial charge is 0.319 e. The first kappa shape index (κ1) is 15.7. The zero-order valence-corrected chi connectivity index (χ0v) is 12.5. The van der Waals surface area contributed by atoms with Crippen molar-refractivity contribution >= 4 is 11.7 Å². The topological polar surface area (TPSA) is 53.6 Å². The van der Waals surface area contributed by atoms with Crippen LogP contribution in [0.25, 0.3) is 0 Å². The number of hydrogen-bond donors (Lipinski definition) is 2. The van der Waals surface area contributed by atoms with E-state index in [-0.39, 0.29) is 17.9 Å². The van der Waals surface area contributed by atoms with Crippen LogP contribution in [0.5, 0.6) is 0 Å². The van der Waals surface area contributed by atoms with Gasteiger partial charge >= 0.3 is 6.03 Å². The molecule has 116 valence electrons. The Labute approximate surface area is 124 Å². The van der Waals surface area contributed by atoms with Gasteiger partial charge in [0, 0.05) is 31.4 Å². The number of nitrogens with one attached hydrogen (secondary N) is 2. The molecule has 1 aliphatic heterocycles. The first-order valence-corrected chi connectivity index (χ1v) is 7.19. The first-order chi connectivity index (χ1) is 10.1. The van der Waals surface area contributed by atoms with Gasteiger partial charge in [0.05, 0.1) is 13.2 Å². The molecular weight excluding hydrogens is 273 g/mol. The molecule has 21 heavy (non-hydrogen) atoms. The van der Waals surface area contributed by atoms with E-state index in [4.69, 9.17) is 4.74 Å². The fraction of sp³-hybridized carbons (Fsp3) is 0.533. The van der Waals surface area contributed by atoms with Crippen molar-refractivity contribution in [3.05, 3.63) is 29.6 Å².